The van der Waals surface area contributed by atoms with Gasteiger partial charge in [-0.05, 0) is 62.3 Å². The van der Waals surface area contributed by atoms with Gasteiger partial charge < -0.3 is 14.8 Å². The van der Waals surface area contributed by atoms with Gasteiger partial charge in [0, 0.05) is 22.4 Å². The van der Waals surface area contributed by atoms with E-state index in [-0.39, 0.29) is 13.2 Å². The van der Waals surface area contributed by atoms with Crippen LogP contribution in [0.4, 0.5) is 21.2 Å². The molecule has 10 heteroatoms. The zero-order valence-corrected chi connectivity index (χ0v) is 21.2. The van der Waals surface area contributed by atoms with E-state index in [0.717, 1.165) is 32.7 Å². The maximum absolute atomic E-state index is 12.2. The quantitative estimate of drug-likeness (QED) is 0.161. The van der Waals surface area contributed by atoms with Crippen LogP contribution in [0.5, 0.6) is 0 Å². The first-order chi connectivity index (χ1) is 19.2. The van der Waals surface area contributed by atoms with Gasteiger partial charge in [-0.2, -0.15) is 0 Å². The molecule has 0 unspecified atom stereocenters. The number of hydrogen-bond acceptors (Lipinski definition) is 8. The molecule has 3 N–H and O–H groups in total. The van der Waals surface area contributed by atoms with Crippen LogP contribution in [0.15, 0.2) is 79.0 Å². The van der Waals surface area contributed by atoms with Crippen LogP contribution in [0.2, 0.25) is 0 Å². The van der Waals surface area contributed by atoms with Crippen LogP contribution in [0.1, 0.15) is 12.8 Å². The van der Waals surface area contributed by atoms with Crippen molar-refractivity contribution in [3.63, 3.8) is 0 Å². The third-order valence-corrected chi connectivity index (χ3v) is 5.95. The highest BCUT2D eigenvalue weighted by Crippen LogP contribution is 2.23. The molecule has 0 saturated carbocycles. The topological polar surface area (TPSA) is 127 Å². The summed E-state index contributed by atoms with van der Waals surface area (Å²) in [5, 5.41) is 11.5. The Morgan fingerprint density at radius 1 is 0.641 bits per heavy atom. The Balaban J connectivity index is 0.941. The van der Waals surface area contributed by atoms with Crippen molar-refractivity contribution in [3.05, 3.63) is 79.0 Å². The lowest BCUT2D eigenvalue weighted by atomic mass is 10.1. The highest BCUT2D eigenvalue weighted by molar-refractivity contribution is 6.03. The fourth-order valence-corrected chi connectivity index (χ4v) is 4.06. The van der Waals surface area contributed by atoms with E-state index in [1.165, 1.54) is 0 Å². The second-order valence-corrected chi connectivity index (χ2v) is 8.78. The monoisotopic (exact) mass is 524 g/mol. The predicted octanol–water partition coefficient (Wildman–Crippen LogP) is 5.50. The number of anilines is 2. The Morgan fingerprint density at radius 3 is 1.97 bits per heavy atom. The average molecular weight is 525 g/mol. The molecule has 0 spiro atoms. The smallest absolute Gasteiger partial charge is 0.412 e. The van der Waals surface area contributed by atoms with Crippen molar-refractivity contribution in [2.45, 2.75) is 12.8 Å². The molecule has 2 aromatic carbocycles. The van der Waals surface area contributed by atoms with E-state index < -0.39 is 12.2 Å². The summed E-state index contributed by atoms with van der Waals surface area (Å²) in [7, 11) is 0. The first-order valence-electron chi connectivity index (χ1n) is 12.7. The molecule has 10 nitrogen and oxygen atoms in total. The largest absolute Gasteiger partial charge is 0.449 e. The van der Waals surface area contributed by atoms with Gasteiger partial charge in [0.1, 0.15) is 11.6 Å². The first-order valence-corrected chi connectivity index (χ1v) is 12.7. The van der Waals surface area contributed by atoms with Gasteiger partial charge in [-0.3, -0.25) is 15.6 Å². The Bertz CT molecular complexity index is 1610. The predicted molar refractivity (Wildman–Crippen MR) is 151 cm³/mol. The number of aromatic nitrogens is 3. The van der Waals surface area contributed by atoms with Crippen LogP contribution < -0.4 is 16.0 Å². The number of ether oxygens (including phenoxy) is 2. The van der Waals surface area contributed by atoms with E-state index in [1.807, 2.05) is 60.7 Å². The van der Waals surface area contributed by atoms with Crippen molar-refractivity contribution in [2.75, 3.05) is 36.9 Å². The third-order valence-electron chi connectivity index (χ3n) is 5.95. The minimum atomic E-state index is -0.560. The molecule has 3 aromatic heterocycles. The lowest BCUT2D eigenvalue weighted by Gasteiger charge is -2.09. The van der Waals surface area contributed by atoms with Crippen LogP contribution in [0.3, 0.4) is 0 Å². The number of hydrogen-bond donors (Lipinski definition) is 3. The van der Waals surface area contributed by atoms with Crippen molar-refractivity contribution in [3.8, 4) is 0 Å². The summed E-state index contributed by atoms with van der Waals surface area (Å²) in [5.74, 6) is 0.854. The minimum absolute atomic E-state index is 0.258. The maximum atomic E-state index is 12.2. The molecule has 198 valence electrons. The highest BCUT2D eigenvalue weighted by atomic mass is 16.6. The fraction of sp³-hybridized carbons (Fsp3) is 0.207. The summed E-state index contributed by atoms with van der Waals surface area (Å²) >= 11 is 0. The van der Waals surface area contributed by atoms with Gasteiger partial charge in [0.25, 0.3) is 0 Å². The second-order valence-electron chi connectivity index (χ2n) is 8.78. The van der Waals surface area contributed by atoms with E-state index >= 15 is 0 Å². The molecule has 39 heavy (non-hydrogen) atoms. The summed E-state index contributed by atoms with van der Waals surface area (Å²) in [5.41, 5.74) is 2.31. The number of nitrogens with one attached hydrogen (secondary N) is 3. The zero-order chi connectivity index (χ0) is 26.9. The lowest BCUT2D eigenvalue weighted by molar-refractivity contribution is 0.158. The number of benzene rings is 2. The molecule has 0 atom stereocenters. The molecule has 0 fully saturated rings. The number of rotatable bonds is 10. The molecule has 0 aliphatic carbocycles. The number of amides is 2. The van der Waals surface area contributed by atoms with E-state index in [1.54, 1.807) is 18.3 Å². The third kappa shape index (κ3) is 6.93. The van der Waals surface area contributed by atoms with E-state index in [9.17, 15) is 9.59 Å². The SMILES string of the molecule is O=C(Nc1ccc2ccccc2n1)OCCCNCCCOC(=O)Nc1ccc2ccc3cccnc3c2n1. The molecular weight excluding hydrogens is 496 g/mol. The molecule has 0 aliphatic rings. The first kappa shape index (κ1) is 25.8. The van der Waals surface area contributed by atoms with Crippen LogP contribution in [-0.2, 0) is 9.47 Å². The summed E-state index contributed by atoms with van der Waals surface area (Å²) in [4.78, 5) is 37.5. The van der Waals surface area contributed by atoms with Crippen molar-refractivity contribution >= 4 is 56.5 Å². The van der Waals surface area contributed by atoms with Crippen molar-refractivity contribution in [2.24, 2.45) is 0 Å². The van der Waals surface area contributed by atoms with Gasteiger partial charge in [-0.1, -0.05) is 36.4 Å². The second kappa shape index (κ2) is 12.6. The molecule has 5 aromatic rings. The van der Waals surface area contributed by atoms with E-state index in [4.69, 9.17) is 9.47 Å². The molecule has 0 radical (unpaired) electrons. The van der Waals surface area contributed by atoms with Gasteiger partial charge in [0.15, 0.2) is 0 Å². The van der Waals surface area contributed by atoms with Crippen LogP contribution >= 0.6 is 0 Å². The number of carbonyl (C=O) groups excluding carboxylic acids is 2. The summed E-state index contributed by atoms with van der Waals surface area (Å²) < 4.78 is 10.5. The summed E-state index contributed by atoms with van der Waals surface area (Å²) in [6.07, 6.45) is 1.91. The number of para-hydroxylation sites is 1. The molecule has 2 amide bonds. The maximum Gasteiger partial charge on any atom is 0.412 e. The molecular formula is C29H28N6O4. The van der Waals surface area contributed by atoms with E-state index in [0.29, 0.717) is 37.6 Å². The van der Waals surface area contributed by atoms with E-state index in [2.05, 4.69) is 30.9 Å². The van der Waals surface area contributed by atoms with Crippen molar-refractivity contribution in [1.29, 1.82) is 0 Å². The van der Waals surface area contributed by atoms with Gasteiger partial charge >= 0.3 is 12.2 Å². The molecule has 0 bridgehead atoms. The molecule has 3 heterocycles. The number of pyridine rings is 3. The lowest BCUT2D eigenvalue weighted by Crippen LogP contribution is -2.22. The Hall–Kier alpha value is -4.83. The Kier molecular flexibility index (Phi) is 8.35. The standard InChI is InChI=1S/C29H28N6O4/c36-28(34-24-13-11-20-6-1-2-8-23(20)32-24)38-18-4-15-30-16-5-19-39-29(37)35-25-14-12-22-10-9-21-7-3-17-31-26(21)27(22)33-25/h1-3,6-14,17,30H,4-5,15-16,18-19H2,(H,32,34,36)(H,33,35,37). The Morgan fingerprint density at radius 2 is 1.23 bits per heavy atom. The van der Waals surface area contributed by atoms with Crippen molar-refractivity contribution in [1.82, 2.24) is 20.3 Å². The van der Waals surface area contributed by atoms with Crippen molar-refractivity contribution < 1.29 is 19.1 Å². The molecule has 0 saturated heterocycles. The Labute approximate surface area is 224 Å². The molecule has 0 aliphatic heterocycles. The average Bonchev–Trinajstić information content (AvgIpc) is 2.96. The van der Waals surface area contributed by atoms with Gasteiger partial charge in [0.2, 0.25) is 0 Å². The zero-order valence-electron chi connectivity index (χ0n) is 21.2. The fourth-order valence-electron chi connectivity index (χ4n) is 4.06. The normalized spacial score (nSPS) is 11.0. The van der Waals surface area contributed by atoms with Gasteiger partial charge in [-0.25, -0.2) is 19.6 Å². The van der Waals surface area contributed by atoms with Crippen LogP contribution in [0, 0.1) is 0 Å². The van der Waals surface area contributed by atoms with Crippen LogP contribution in [0.25, 0.3) is 32.7 Å². The number of carbonyl (C=O) groups is 2. The van der Waals surface area contributed by atoms with Crippen LogP contribution in [-0.4, -0.2) is 53.4 Å². The number of fused-ring (bicyclic) bond motifs is 4. The summed E-state index contributed by atoms with van der Waals surface area (Å²) in [6, 6.07) is 22.8. The molecule has 5 rings (SSSR count). The summed E-state index contributed by atoms with van der Waals surface area (Å²) in [6.45, 7) is 1.85. The number of nitrogens with zero attached hydrogens (tertiary/aromatic N) is 3. The van der Waals surface area contributed by atoms with Gasteiger partial charge in [-0.15, -0.1) is 0 Å². The van der Waals surface area contributed by atoms with Gasteiger partial charge in [0.05, 0.1) is 29.8 Å². The minimum Gasteiger partial charge on any atom is -0.449 e. The highest BCUT2D eigenvalue weighted by Gasteiger charge is 2.08.